The van der Waals surface area contributed by atoms with Crippen molar-refractivity contribution in [1.29, 1.82) is 0 Å². The molecule has 0 spiro atoms. The Kier molecular flexibility index (Phi) is 5.72. The van der Waals surface area contributed by atoms with E-state index in [2.05, 4.69) is 11.8 Å². The lowest BCUT2D eigenvalue weighted by Gasteiger charge is -2.20. The van der Waals surface area contributed by atoms with E-state index in [1.807, 2.05) is 7.05 Å². The largest absolute Gasteiger partial charge is 0.351 e. The smallest absolute Gasteiger partial charge is 0.185 e. The van der Waals surface area contributed by atoms with Crippen LogP contribution >= 0.6 is 0 Å². The molecule has 0 aliphatic carbocycles. The third kappa shape index (κ3) is 4.34. The Bertz CT molecular complexity index is 145. The summed E-state index contributed by atoms with van der Waals surface area (Å²) >= 11 is 0. The van der Waals surface area contributed by atoms with Crippen molar-refractivity contribution in [2.24, 2.45) is 0 Å². The van der Waals surface area contributed by atoms with E-state index in [9.17, 15) is 4.39 Å². The van der Waals surface area contributed by atoms with Gasteiger partial charge in [-0.25, -0.2) is 0 Å². The van der Waals surface area contributed by atoms with Gasteiger partial charge in [0.25, 0.3) is 0 Å². The quantitative estimate of drug-likeness (QED) is 0.585. The van der Waals surface area contributed by atoms with Gasteiger partial charge < -0.3 is 9.80 Å². The number of hydrogen-bond acceptors (Lipinski definition) is 2. The summed E-state index contributed by atoms with van der Waals surface area (Å²) in [6, 6.07) is 0. The highest BCUT2D eigenvalue weighted by molar-refractivity contribution is 4.86. The molecular formula is C9H19FN2. The first-order chi connectivity index (χ1) is 5.61. The van der Waals surface area contributed by atoms with Crippen LogP contribution in [0.5, 0.6) is 0 Å². The third-order valence-electron chi connectivity index (χ3n) is 1.96. The van der Waals surface area contributed by atoms with Crippen LogP contribution in [0.1, 0.15) is 13.8 Å². The van der Waals surface area contributed by atoms with Gasteiger partial charge in [-0.05, 0) is 26.6 Å². The molecule has 0 aromatic rings. The molecule has 72 valence electrons. The normalized spacial score (nSPS) is 12.3. The number of halogens is 1. The molecule has 0 atom stereocenters. The maximum absolute atomic E-state index is 12.8. The van der Waals surface area contributed by atoms with Crippen molar-refractivity contribution in [3.63, 3.8) is 0 Å². The van der Waals surface area contributed by atoms with E-state index in [0.717, 1.165) is 19.6 Å². The van der Waals surface area contributed by atoms with Gasteiger partial charge in [-0.3, -0.25) is 0 Å². The topological polar surface area (TPSA) is 6.48 Å². The summed E-state index contributed by atoms with van der Waals surface area (Å²) in [5.41, 5.74) is 0. The molecule has 0 aromatic heterocycles. The van der Waals surface area contributed by atoms with Crippen molar-refractivity contribution in [2.75, 3.05) is 33.7 Å². The maximum Gasteiger partial charge on any atom is 0.185 e. The minimum atomic E-state index is -0.153. The number of nitrogens with zero attached hydrogens (tertiary/aromatic N) is 2. The molecule has 3 heteroatoms. The second-order valence-electron chi connectivity index (χ2n) is 2.93. The lowest BCUT2D eigenvalue weighted by atomic mass is 10.5. The van der Waals surface area contributed by atoms with E-state index in [4.69, 9.17) is 0 Å². The second kappa shape index (κ2) is 6.00. The molecule has 0 saturated heterocycles. The van der Waals surface area contributed by atoms with E-state index in [1.54, 1.807) is 18.9 Å². The van der Waals surface area contributed by atoms with Crippen LogP contribution in [0.15, 0.2) is 12.0 Å². The van der Waals surface area contributed by atoms with Crippen LogP contribution in [0.3, 0.4) is 0 Å². The molecule has 0 rings (SSSR count). The molecule has 0 heterocycles. The van der Waals surface area contributed by atoms with Crippen molar-refractivity contribution >= 4 is 0 Å². The van der Waals surface area contributed by atoms with Crippen molar-refractivity contribution in [3.8, 4) is 0 Å². The fraction of sp³-hybridized carbons (Fsp3) is 0.778. The van der Waals surface area contributed by atoms with Crippen molar-refractivity contribution in [1.82, 2.24) is 9.80 Å². The van der Waals surface area contributed by atoms with Gasteiger partial charge in [0.2, 0.25) is 0 Å². The Labute approximate surface area is 74.7 Å². The van der Waals surface area contributed by atoms with Crippen LogP contribution < -0.4 is 0 Å². The lowest BCUT2D eigenvalue weighted by molar-refractivity contribution is 0.261. The molecule has 0 unspecified atom stereocenters. The highest BCUT2D eigenvalue weighted by Gasteiger charge is 2.02. The maximum atomic E-state index is 12.8. The highest BCUT2D eigenvalue weighted by atomic mass is 19.1. The van der Waals surface area contributed by atoms with E-state index < -0.39 is 0 Å². The van der Waals surface area contributed by atoms with Crippen LogP contribution in [-0.4, -0.2) is 43.5 Å². The van der Waals surface area contributed by atoms with Gasteiger partial charge in [-0.2, -0.15) is 4.39 Å². The van der Waals surface area contributed by atoms with Gasteiger partial charge in [0.1, 0.15) is 0 Å². The Morgan fingerprint density at radius 2 is 1.92 bits per heavy atom. The van der Waals surface area contributed by atoms with Gasteiger partial charge in [0.15, 0.2) is 5.95 Å². The zero-order chi connectivity index (χ0) is 9.56. The first-order valence-electron chi connectivity index (χ1n) is 4.33. The van der Waals surface area contributed by atoms with Crippen molar-refractivity contribution in [3.05, 3.63) is 12.0 Å². The summed E-state index contributed by atoms with van der Waals surface area (Å²) in [6.07, 6.45) is 1.48. The molecular weight excluding hydrogens is 155 g/mol. The number of hydrogen-bond donors (Lipinski definition) is 0. The monoisotopic (exact) mass is 174 g/mol. The summed E-state index contributed by atoms with van der Waals surface area (Å²) in [5.74, 6) is -0.153. The molecule has 2 nitrogen and oxygen atoms in total. The Morgan fingerprint density at radius 3 is 2.33 bits per heavy atom. The molecule has 0 bridgehead atoms. The van der Waals surface area contributed by atoms with Gasteiger partial charge in [-0.1, -0.05) is 6.92 Å². The molecule has 0 aromatic carbocycles. The van der Waals surface area contributed by atoms with Crippen LogP contribution in [0.4, 0.5) is 4.39 Å². The van der Waals surface area contributed by atoms with E-state index in [1.165, 1.54) is 6.08 Å². The SMILES string of the molecule is CC=C(F)N(C)CCN(C)CC. The molecule has 0 N–H and O–H groups in total. The number of likely N-dealkylation sites (N-methyl/N-ethyl adjacent to an activating group) is 2. The summed E-state index contributed by atoms with van der Waals surface area (Å²) < 4.78 is 12.8. The average molecular weight is 174 g/mol. The van der Waals surface area contributed by atoms with Gasteiger partial charge in [0, 0.05) is 20.1 Å². The zero-order valence-electron chi connectivity index (χ0n) is 8.47. The molecule has 0 aliphatic heterocycles. The number of allylic oxidation sites excluding steroid dienone is 1. The van der Waals surface area contributed by atoms with Gasteiger partial charge in [-0.15, -0.1) is 0 Å². The highest BCUT2D eigenvalue weighted by Crippen LogP contribution is 2.01. The predicted octanol–water partition coefficient (Wildman–Crippen LogP) is 1.70. The molecule has 0 saturated carbocycles. The second-order valence-corrected chi connectivity index (χ2v) is 2.93. The molecule has 12 heavy (non-hydrogen) atoms. The Balaban J connectivity index is 3.64. The van der Waals surface area contributed by atoms with Crippen LogP contribution in [0, 0.1) is 0 Å². The van der Waals surface area contributed by atoms with Crippen molar-refractivity contribution < 1.29 is 4.39 Å². The molecule has 0 fully saturated rings. The summed E-state index contributed by atoms with van der Waals surface area (Å²) in [4.78, 5) is 3.77. The first kappa shape index (κ1) is 11.4. The Hall–Kier alpha value is -0.570. The molecule has 0 amide bonds. The zero-order valence-corrected chi connectivity index (χ0v) is 8.47. The summed E-state index contributed by atoms with van der Waals surface area (Å²) in [5, 5.41) is 0. The lowest BCUT2D eigenvalue weighted by Crippen LogP contribution is -2.29. The van der Waals surface area contributed by atoms with Crippen LogP contribution in [-0.2, 0) is 0 Å². The first-order valence-corrected chi connectivity index (χ1v) is 4.33. The minimum Gasteiger partial charge on any atom is -0.351 e. The van der Waals surface area contributed by atoms with Gasteiger partial charge >= 0.3 is 0 Å². The summed E-state index contributed by atoms with van der Waals surface area (Å²) in [7, 11) is 3.79. The molecule has 0 aliphatic rings. The molecule has 0 radical (unpaired) electrons. The third-order valence-corrected chi connectivity index (χ3v) is 1.96. The minimum absolute atomic E-state index is 0.153. The Morgan fingerprint density at radius 1 is 1.33 bits per heavy atom. The predicted molar refractivity (Wildman–Crippen MR) is 50.7 cm³/mol. The fourth-order valence-electron chi connectivity index (χ4n) is 0.806. The van der Waals surface area contributed by atoms with E-state index in [0.29, 0.717) is 0 Å². The average Bonchev–Trinajstić information content (AvgIpc) is 2.11. The van der Waals surface area contributed by atoms with Crippen molar-refractivity contribution in [2.45, 2.75) is 13.8 Å². The summed E-state index contributed by atoms with van der Waals surface area (Å²) in [6.45, 7) is 6.43. The fourth-order valence-corrected chi connectivity index (χ4v) is 0.806. The number of rotatable bonds is 5. The van der Waals surface area contributed by atoms with Crippen LogP contribution in [0.25, 0.3) is 0 Å². The van der Waals surface area contributed by atoms with E-state index >= 15 is 0 Å². The standard InChI is InChI=1S/C9H19FN2/c1-5-9(10)12(4)8-7-11(3)6-2/h5H,6-8H2,1-4H3. The van der Waals surface area contributed by atoms with Gasteiger partial charge in [0.05, 0.1) is 0 Å². The van der Waals surface area contributed by atoms with E-state index in [-0.39, 0.29) is 5.95 Å². The van der Waals surface area contributed by atoms with Crippen LogP contribution in [0.2, 0.25) is 0 Å².